The van der Waals surface area contributed by atoms with Crippen molar-refractivity contribution in [1.82, 2.24) is 4.98 Å². The number of aromatic nitrogens is 1. The summed E-state index contributed by atoms with van der Waals surface area (Å²) in [5.74, 6) is 1.06. The van der Waals surface area contributed by atoms with E-state index >= 15 is 0 Å². The third-order valence-electron chi connectivity index (χ3n) is 5.40. The minimum Gasteiger partial charge on any atom is -0.508 e. The van der Waals surface area contributed by atoms with Crippen LogP contribution in [0.15, 0.2) is 48.5 Å². The van der Waals surface area contributed by atoms with E-state index in [1.807, 2.05) is 0 Å². The quantitative estimate of drug-likeness (QED) is 0.356. The molecule has 0 spiro atoms. The molecule has 4 aromatic rings. The summed E-state index contributed by atoms with van der Waals surface area (Å²) < 4.78 is 21.3. The highest BCUT2D eigenvalue weighted by molar-refractivity contribution is 6.20. The van der Waals surface area contributed by atoms with Gasteiger partial charge < -0.3 is 34.1 Å². The first-order chi connectivity index (χ1) is 15.9. The fourth-order valence-electron chi connectivity index (χ4n) is 3.84. The highest BCUT2D eigenvalue weighted by Crippen LogP contribution is 2.41. The molecule has 8 heteroatoms. The summed E-state index contributed by atoms with van der Waals surface area (Å²) in [6, 6.07) is 12.7. The van der Waals surface area contributed by atoms with Crippen LogP contribution in [0, 0.1) is 0 Å². The molecule has 3 N–H and O–H groups in total. The molecular weight excluding hydrogens is 426 g/mol. The maximum Gasteiger partial charge on any atom is 0.203 e. The van der Waals surface area contributed by atoms with E-state index in [2.05, 4.69) is 4.98 Å². The molecule has 8 nitrogen and oxygen atoms in total. The number of rotatable bonds is 7. The number of fused-ring (bicyclic) bond motifs is 1. The molecule has 0 saturated heterocycles. The Morgan fingerprint density at radius 3 is 2.03 bits per heavy atom. The van der Waals surface area contributed by atoms with Gasteiger partial charge in [0.15, 0.2) is 28.8 Å². The second-order valence-corrected chi connectivity index (χ2v) is 7.23. The number of methoxy groups -OCH3 is 4. The highest BCUT2D eigenvalue weighted by atomic mass is 16.5. The third-order valence-corrected chi connectivity index (χ3v) is 5.40. The normalized spacial score (nSPS) is 10.8. The van der Waals surface area contributed by atoms with Crippen LogP contribution in [0.1, 0.15) is 15.9 Å². The lowest BCUT2D eigenvalue weighted by Gasteiger charge is -2.14. The Balaban J connectivity index is 1.96. The van der Waals surface area contributed by atoms with E-state index in [4.69, 9.17) is 18.9 Å². The number of nitrogens with one attached hydrogen (secondary N) is 1. The Hall–Kier alpha value is -4.33. The minimum absolute atomic E-state index is 0.0552. The van der Waals surface area contributed by atoms with Gasteiger partial charge in [0.1, 0.15) is 5.75 Å². The molecule has 0 fully saturated rings. The summed E-state index contributed by atoms with van der Waals surface area (Å²) in [5, 5.41) is 20.9. The van der Waals surface area contributed by atoms with Gasteiger partial charge in [-0.15, -0.1) is 0 Å². The zero-order valence-electron chi connectivity index (χ0n) is 18.6. The van der Waals surface area contributed by atoms with Gasteiger partial charge in [-0.1, -0.05) is 0 Å². The number of phenols is 2. The number of benzene rings is 3. The molecule has 0 atom stereocenters. The summed E-state index contributed by atoms with van der Waals surface area (Å²) in [4.78, 5) is 17.0. The van der Waals surface area contributed by atoms with Crippen molar-refractivity contribution in [3.8, 4) is 45.8 Å². The average molecular weight is 449 g/mol. The zero-order valence-corrected chi connectivity index (χ0v) is 18.6. The number of carbonyl (C=O) groups is 1. The zero-order chi connectivity index (χ0) is 23.7. The molecule has 0 aliphatic rings. The van der Waals surface area contributed by atoms with Crippen LogP contribution in [0.25, 0.3) is 22.2 Å². The summed E-state index contributed by atoms with van der Waals surface area (Å²) >= 11 is 0. The van der Waals surface area contributed by atoms with E-state index in [1.165, 1.54) is 46.6 Å². The van der Waals surface area contributed by atoms with Gasteiger partial charge in [0.2, 0.25) is 5.75 Å². The van der Waals surface area contributed by atoms with Gasteiger partial charge in [-0.25, -0.2) is 0 Å². The van der Waals surface area contributed by atoms with Crippen molar-refractivity contribution in [2.45, 2.75) is 0 Å². The van der Waals surface area contributed by atoms with Gasteiger partial charge in [0.25, 0.3) is 0 Å². The lowest BCUT2D eigenvalue weighted by Crippen LogP contribution is -2.05. The molecule has 1 aromatic heterocycles. The maximum atomic E-state index is 13.8. The summed E-state index contributed by atoms with van der Waals surface area (Å²) in [6.45, 7) is 0. The second kappa shape index (κ2) is 8.66. The Morgan fingerprint density at radius 2 is 1.45 bits per heavy atom. The molecule has 0 amide bonds. The first kappa shape index (κ1) is 21.9. The van der Waals surface area contributed by atoms with E-state index in [1.54, 1.807) is 30.3 Å². The van der Waals surface area contributed by atoms with Crippen LogP contribution in [0.4, 0.5) is 0 Å². The Kier molecular flexibility index (Phi) is 5.74. The Bertz CT molecular complexity index is 1330. The number of phenolic OH excluding ortho intramolecular Hbond substituents is 2. The van der Waals surface area contributed by atoms with Crippen molar-refractivity contribution in [3.05, 3.63) is 59.7 Å². The van der Waals surface area contributed by atoms with Crippen LogP contribution in [-0.4, -0.2) is 49.4 Å². The number of carbonyl (C=O) groups excluding carboxylic acids is 1. The van der Waals surface area contributed by atoms with Crippen molar-refractivity contribution in [3.63, 3.8) is 0 Å². The van der Waals surface area contributed by atoms with Crippen LogP contribution in [0.2, 0.25) is 0 Å². The number of H-pyrrole nitrogens is 1. The van der Waals surface area contributed by atoms with Gasteiger partial charge in [-0.3, -0.25) is 4.79 Å². The van der Waals surface area contributed by atoms with Crippen LogP contribution in [0.3, 0.4) is 0 Å². The molecule has 0 aliphatic carbocycles. The van der Waals surface area contributed by atoms with E-state index in [0.717, 1.165) is 0 Å². The predicted molar refractivity (Wildman–Crippen MR) is 123 cm³/mol. The van der Waals surface area contributed by atoms with Crippen molar-refractivity contribution in [2.75, 3.05) is 28.4 Å². The second-order valence-electron chi connectivity index (χ2n) is 7.23. The van der Waals surface area contributed by atoms with Crippen molar-refractivity contribution in [1.29, 1.82) is 0 Å². The summed E-state index contributed by atoms with van der Waals surface area (Å²) in [6.07, 6.45) is 0. The molecule has 0 bridgehead atoms. The van der Waals surface area contributed by atoms with Crippen molar-refractivity contribution >= 4 is 16.7 Å². The van der Waals surface area contributed by atoms with Crippen LogP contribution >= 0.6 is 0 Å². The largest absolute Gasteiger partial charge is 0.508 e. The molecule has 0 unspecified atom stereocenters. The molecule has 3 aromatic carbocycles. The SMILES string of the molecule is COc1ccc(-c2[nH]c3cc(O)ccc3c2C(=O)c2cc(OC)c(OC)c(OC)c2)cc1O. The number of hydrogen-bond acceptors (Lipinski definition) is 7. The number of aromatic amines is 1. The average Bonchev–Trinajstić information content (AvgIpc) is 3.20. The minimum atomic E-state index is -0.309. The topological polar surface area (TPSA) is 110 Å². The molecule has 33 heavy (non-hydrogen) atoms. The lowest BCUT2D eigenvalue weighted by atomic mass is 9.96. The molecular formula is C25H23NO7. The standard InChI is InChI=1S/C25H23NO7/c1-30-19-8-5-13(9-18(19)28)23-22(16-7-6-15(27)12-17(16)26-23)24(29)14-10-20(31-2)25(33-4)21(11-14)32-3/h5-12,26-28H,1-4H3. The first-order valence-corrected chi connectivity index (χ1v) is 9.98. The molecule has 170 valence electrons. The van der Waals surface area contributed by atoms with Crippen LogP contribution < -0.4 is 18.9 Å². The monoisotopic (exact) mass is 449 g/mol. The third kappa shape index (κ3) is 3.76. The summed E-state index contributed by atoms with van der Waals surface area (Å²) in [5.41, 5.74) is 2.30. The van der Waals surface area contributed by atoms with Gasteiger partial charge in [0.05, 0.1) is 45.2 Å². The number of ether oxygens (including phenoxy) is 4. The number of aromatic hydroxyl groups is 2. The Labute approximate surface area is 189 Å². The fraction of sp³-hybridized carbons (Fsp3) is 0.160. The van der Waals surface area contributed by atoms with Gasteiger partial charge >= 0.3 is 0 Å². The first-order valence-electron chi connectivity index (χ1n) is 9.98. The number of hydrogen-bond donors (Lipinski definition) is 3. The van der Waals surface area contributed by atoms with Gasteiger partial charge in [0, 0.05) is 22.6 Å². The van der Waals surface area contributed by atoms with E-state index in [9.17, 15) is 15.0 Å². The number of ketones is 1. The molecule has 0 radical (unpaired) electrons. The molecule has 1 heterocycles. The summed E-state index contributed by atoms with van der Waals surface area (Å²) in [7, 11) is 5.90. The van der Waals surface area contributed by atoms with Gasteiger partial charge in [-0.05, 0) is 42.5 Å². The van der Waals surface area contributed by atoms with Crippen molar-refractivity contribution in [2.24, 2.45) is 0 Å². The fourth-order valence-corrected chi connectivity index (χ4v) is 3.84. The smallest absolute Gasteiger partial charge is 0.203 e. The molecule has 0 saturated carbocycles. The van der Waals surface area contributed by atoms with E-state index in [0.29, 0.717) is 56.3 Å². The van der Waals surface area contributed by atoms with Crippen LogP contribution in [-0.2, 0) is 0 Å². The predicted octanol–water partition coefficient (Wildman–Crippen LogP) is 4.51. The van der Waals surface area contributed by atoms with Crippen molar-refractivity contribution < 1.29 is 34.0 Å². The maximum absolute atomic E-state index is 13.8. The van der Waals surface area contributed by atoms with E-state index in [-0.39, 0.29) is 17.3 Å². The molecule has 4 rings (SSSR count). The van der Waals surface area contributed by atoms with Crippen LogP contribution in [0.5, 0.6) is 34.5 Å². The molecule has 0 aliphatic heterocycles. The van der Waals surface area contributed by atoms with E-state index < -0.39 is 0 Å². The highest BCUT2D eigenvalue weighted by Gasteiger charge is 2.25. The lowest BCUT2D eigenvalue weighted by molar-refractivity contribution is 0.104. The van der Waals surface area contributed by atoms with Gasteiger partial charge in [-0.2, -0.15) is 0 Å². The Morgan fingerprint density at radius 1 is 0.788 bits per heavy atom.